The van der Waals surface area contributed by atoms with Gasteiger partial charge in [-0.2, -0.15) is 0 Å². The number of carbonyl (C=O) groups is 1. The fourth-order valence-electron chi connectivity index (χ4n) is 2.13. The molecule has 5 nitrogen and oxygen atoms in total. The van der Waals surface area contributed by atoms with Gasteiger partial charge in [-0.25, -0.2) is 4.79 Å². The first-order valence-corrected chi connectivity index (χ1v) is 6.64. The zero-order valence-corrected chi connectivity index (χ0v) is 11.3. The summed E-state index contributed by atoms with van der Waals surface area (Å²) in [4.78, 5) is 13.7. The van der Waals surface area contributed by atoms with Crippen LogP contribution < -0.4 is 11.1 Å². The lowest BCUT2D eigenvalue weighted by Crippen LogP contribution is -2.39. The molecule has 1 fully saturated rings. The van der Waals surface area contributed by atoms with Crippen LogP contribution in [0.25, 0.3) is 0 Å². The monoisotopic (exact) mass is 263 g/mol. The van der Waals surface area contributed by atoms with Crippen molar-refractivity contribution in [3.8, 4) is 0 Å². The number of carbonyl (C=O) groups excluding carboxylic acids is 1. The molecule has 1 aliphatic heterocycles. The van der Waals surface area contributed by atoms with E-state index in [0.717, 1.165) is 25.1 Å². The van der Waals surface area contributed by atoms with Gasteiger partial charge in [-0.05, 0) is 43.5 Å². The molecule has 1 atom stereocenters. The summed E-state index contributed by atoms with van der Waals surface area (Å²) in [6, 6.07) is 6.98. The largest absolute Gasteiger partial charge is 0.399 e. The molecule has 0 aliphatic carbocycles. The Balaban J connectivity index is 1.83. The fraction of sp³-hybridized carbons (Fsp3) is 0.500. The van der Waals surface area contributed by atoms with Crippen LogP contribution >= 0.6 is 0 Å². The Kier molecular flexibility index (Phi) is 4.63. The SMILES string of the molecule is CN(CC1CCCCO1)C(=O)Nc1ccc(N)cc1. The van der Waals surface area contributed by atoms with Gasteiger partial charge in [0.15, 0.2) is 0 Å². The summed E-state index contributed by atoms with van der Waals surface area (Å²) >= 11 is 0. The lowest BCUT2D eigenvalue weighted by atomic mass is 10.1. The van der Waals surface area contributed by atoms with E-state index >= 15 is 0 Å². The summed E-state index contributed by atoms with van der Waals surface area (Å²) in [6.07, 6.45) is 3.49. The number of nitrogen functional groups attached to an aromatic ring is 1. The van der Waals surface area contributed by atoms with Crippen LogP contribution in [0, 0.1) is 0 Å². The number of urea groups is 1. The smallest absolute Gasteiger partial charge is 0.321 e. The van der Waals surface area contributed by atoms with Crippen molar-refractivity contribution in [2.75, 3.05) is 31.2 Å². The number of hydrogen-bond donors (Lipinski definition) is 2. The summed E-state index contributed by atoms with van der Waals surface area (Å²) in [6.45, 7) is 1.43. The van der Waals surface area contributed by atoms with E-state index in [1.54, 1.807) is 36.2 Å². The fourth-order valence-corrected chi connectivity index (χ4v) is 2.13. The van der Waals surface area contributed by atoms with Gasteiger partial charge < -0.3 is 20.7 Å². The molecule has 2 rings (SSSR count). The molecular formula is C14H21N3O2. The molecule has 0 radical (unpaired) electrons. The second kappa shape index (κ2) is 6.43. The Hall–Kier alpha value is -1.75. The topological polar surface area (TPSA) is 67.6 Å². The molecule has 1 aliphatic rings. The van der Waals surface area contributed by atoms with E-state index in [-0.39, 0.29) is 12.1 Å². The molecule has 1 unspecified atom stereocenters. The number of anilines is 2. The molecule has 1 aromatic rings. The number of rotatable bonds is 3. The molecule has 2 amide bonds. The molecule has 1 heterocycles. The van der Waals surface area contributed by atoms with Crippen molar-refractivity contribution >= 4 is 17.4 Å². The zero-order valence-electron chi connectivity index (χ0n) is 11.3. The number of ether oxygens (including phenoxy) is 1. The predicted molar refractivity (Wildman–Crippen MR) is 76.1 cm³/mol. The second-order valence-electron chi connectivity index (χ2n) is 4.92. The first-order chi connectivity index (χ1) is 9.15. The number of likely N-dealkylation sites (N-methyl/N-ethyl adjacent to an activating group) is 1. The van der Waals surface area contributed by atoms with Crippen molar-refractivity contribution < 1.29 is 9.53 Å². The van der Waals surface area contributed by atoms with Crippen molar-refractivity contribution in [1.29, 1.82) is 0 Å². The minimum Gasteiger partial charge on any atom is -0.399 e. The molecule has 0 saturated carbocycles. The third kappa shape index (κ3) is 4.13. The first-order valence-electron chi connectivity index (χ1n) is 6.64. The van der Waals surface area contributed by atoms with Gasteiger partial charge in [-0.15, -0.1) is 0 Å². The van der Waals surface area contributed by atoms with Gasteiger partial charge in [-0.1, -0.05) is 0 Å². The summed E-state index contributed by atoms with van der Waals surface area (Å²) in [5, 5.41) is 2.83. The summed E-state index contributed by atoms with van der Waals surface area (Å²) < 4.78 is 5.63. The minimum absolute atomic E-state index is 0.126. The van der Waals surface area contributed by atoms with Crippen LogP contribution in [0.4, 0.5) is 16.2 Å². The minimum atomic E-state index is -0.126. The Bertz CT molecular complexity index is 413. The van der Waals surface area contributed by atoms with Crippen LogP contribution in [0.2, 0.25) is 0 Å². The molecule has 0 aromatic heterocycles. The predicted octanol–water partition coefficient (Wildman–Crippen LogP) is 2.30. The molecule has 0 bridgehead atoms. The number of benzene rings is 1. The van der Waals surface area contributed by atoms with Gasteiger partial charge in [0.1, 0.15) is 0 Å². The Morgan fingerprint density at radius 1 is 1.42 bits per heavy atom. The summed E-state index contributed by atoms with van der Waals surface area (Å²) in [5.41, 5.74) is 7.03. The maximum absolute atomic E-state index is 12.0. The van der Waals surface area contributed by atoms with Gasteiger partial charge in [0.2, 0.25) is 0 Å². The van der Waals surface area contributed by atoms with Crippen LogP contribution in [0.5, 0.6) is 0 Å². The third-order valence-corrected chi connectivity index (χ3v) is 3.26. The van der Waals surface area contributed by atoms with Crippen molar-refractivity contribution in [2.24, 2.45) is 0 Å². The molecule has 1 aromatic carbocycles. The Labute approximate surface area is 113 Å². The lowest BCUT2D eigenvalue weighted by molar-refractivity contribution is 0.00463. The van der Waals surface area contributed by atoms with E-state index in [1.807, 2.05) is 0 Å². The third-order valence-electron chi connectivity index (χ3n) is 3.26. The Morgan fingerprint density at radius 2 is 2.16 bits per heavy atom. The summed E-state index contributed by atoms with van der Waals surface area (Å²) in [7, 11) is 1.78. The average molecular weight is 263 g/mol. The van der Waals surface area contributed by atoms with Crippen molar-refractivity contribution in [3.05, 3.63) is 24.3 Å². The maximum atomic E-state index is 12.0. The van der Waals surface area contributed by atoms with Crippen molar-refractivity contribution in [1.82, 2.24) is 4.90 Å². The number of amides is 2. The highest BCUT2D eigenvalue weighted by atomic mass is 16.5. The van der Waals surface area contributed by atoms with Crippen molar-refractivity contribution in [2.45, 2.75) is 25.4 Å². The Morgan fingerprint density at radius 3 is 2.79 bits per heavy atom. The number of nitrogens with one attached hydrogen (secondary N) is 1. The number of nitrogens with zero attached hydrogens (tertiary/aromatic N) is 1. The lowest BCUT2D eigenvalue weighted by Gasteiger charge is -2.27. The summed E-state index contributed by atoms with van der Waals surface area (Å²) in [5.74, 6) is 0. The van der Waals surface area contributed by atoms with Crippen LogP contribution in [-0.4, -0.2) is 37.2 Å². The molecule has 19 heavy (non-hydrogen) atoms. The highest BCUT2D eigenvalue weighted by Gasteiger charge is 2.18. The highest BCUT2D eigenvalue weighted by Crippen LogP contribution is 2.15. The first kappa shape index (κ1) is 13.7. The number of nitrogens with two attached hydrogens (primary N) is 1. The van der Waals surface area contributed by atoms with Gasteiger partial charge in [0.25, 0.3) is 0 Å². The van der Waals surface area contributed by atoms with E-state index in [9.17, 15) is 4.79 Å². The zero-order chi connectivity index (χ0) is 13.7. The molecule has 3 N–H and O–H groups in total. The van der Waals surface area contributed by atoms with Gasteiger partial charge in [-0.3, -0.25) is 0 Å². The van der Waals surface area contributed by atoms with Crippen LogP contribution in [0.3, 0.4) is 0 Å². The van der Waals surface area contributed by atoms with Crippen LogP contribution in [0.1, 0.15) is 19.3 Å². The quantitative estimate of drug-likeness (QED) is 0.822. The maximum Gasteiger partial charge on any atom is 0.321 e. The highest BCUT2D eigenvalue weighted by molar-refractivity contribution is 5.89. The molecular weight excluding hydrogens is 242 g/mol. The van der Waals surface area contributed by atoms with Gasteiger partial charge in [0.05, 0.1) is 6.10 Å². The number of hydrogen-bond acceptors (Lipinski definition) is 3. The van der Waals surface area contributed by atoms with E-state index in [0.29, 0.717) is 12.2 Å². The van der Waals surface area contributed by atoms with Crippen LogP contribution in [-0.2, 0) is 4.74 Å². The van der Waals surface area contributed by atoms with E-state index in [1.165, 1.54) is 6.42 Å². The van der Waals surface area contributed by atoms with Gasteiger partial charge >= 0.3 is 6.03 Å². The van der Waals surface area contributed by atoms with Crippen LogP contribution in [0.15, 0.2) is 24.3 Å². The molecule has 0 spiro atoms. The average Bonchev–Trinajstić information content (AvgIpc) is 2.42. The standard InChI is InChI=1S/C14H21N3O2/c1-17(10-13-4-2-3-9-19-13)14(18)16-12-7-5-11(15)6-8-12/h5-8,13H,2-4,9-10,15H2,1H3,(H,16,18). The molecule has 1 saturated heterocycles. The normalized spacial score (nSPS) is 18.9. The van der Waals surface area contributed by atoms with E-state index in [2.05, 4.69) is 5.32 Å². The van der Waals surface area contributed by atoms with Crippen molar-refractivity contribution in [3.63, 3.8) is 0 Å². The molecule has 5 heteroatoms. The van der Waals surface area contributed by atoms with E-state index in [4.69, 9.17) is 10.5 Å². The molecule has 104 valence electrons. The second-order valence-corrected chi connectivity index (χ2v) is 4.92. The van der Waals surface area contributed by atoms with E-state index < -0.39 is 0 Å². The van der Waals surface area contributed by atoms with Gasteiger partial charge in [0, 0.05) is 31.6 Å².